The highest BCUT2D eigenvalue weighted by Crippen LogP contribution is 2.37. The Kier molecular flexibility index (Phi) is 7.43. The number of para-hydroxylation sites is 1. The van der Waals surface area contributed by atoms with Gasteiger partial charge in [0.1, 0.15) is 17.2 Å². The molecule has 0 unspecified atom stereocenters. The number of rotatable bonds is 7. The first-order valence-electron chi connectivity index (χ1n) is 14.1. The summed E-state index contributed by atoms with van der Waals surface area (Å²) in [4.78, 5) is 33.6. The highest BCUT2D eigenvalue weighted by atomic mass is 32.2. The molecular formula is C31H34N6O5S. The molecule has 4 aromatic rings. The second-order valence-corrected chi connectivity index (χ2v) is 13.2. The van der Waals surface area contributed by atoms with E-state index in [1.807, 2.05) is 23.1 Å². The molecule has 1 N–H and O–H groups in total. The van der Waals surface area contributed by atoms with E-state index in [9.17, 15) is 13.2 Å². The normalized spacial score (nSPS) is 16.5. The minimum Gasteiger partial charge on any atom is -0.497 e. The Morgan fingerprint density at radius 1 is 1.12 bits per heavy atom. The number of piperidine rings is 1. The quantitative estimate of drug-likeness (QED) is 0.336. The standard InChI is InChI=1S/C31H34N6O5S/c1-20-16-23(41-4)17-21(2)29(20)43(39,40)36(3)19-27-33-25-7-5-6-24(28(25)34-27)30(38)37-14-10-31(11-15-37)18-26(35-42-31)22-8-12-32-13-9-22/h5-9,12-13,16-17H,10-11,14-15,18-19H2,1-4H3,(H,33,34). The van der Waals surface area contributed by atoms with Crippen molar-refractivity contribution in [3.05, 3.63) is 82.9 Å². The van der Waals surface area contributed by atoms with Crippen molar-refractivity contribution >= 4 is 32.7 Å². The summed E-state index contributed by atoms with van der Waals surface area (Å²) in [6.45, 7) is 4.60. The summed E-state index contributed by atoms with van der Waals surface area (Å²) in [7, 11) is -0.744. The van der Waals surface area contributed by atoms with Gasteiger partial charge in [-0.2, -0.15) is 4.31 Å². The maximum Gasteiger partial charge on any atom is 0.256 e. The molecule has 1 saturated heterocycles. The number of carbonyl (C=O) groups is 1. The zero-order chi connectivity index (χ0) is 30.4. The van der Waals surface area contributed by atoms with E-state index < -0.39 is 15.6 Å². The lowest BCUT2D eigenvalue weighted by Crippen LogP contribution is -2.46. The van der Waals surface area contributed by atoms with Crippen LogP contribution < -0.4 is 4.74 Å². The number of benzene rings is 2. The predicted octanol–water partition coefficient (Wildman–Crippen LogP) is 4.20. The molecule has 2 aromatic carbocycles. The van der Waals surface area contributed by atoms with Crippen LogP contribution in [0.1, 0.15) is 52.1 Å². The fourth-order valence-electron chi connectivity index (χ4n) is 6.00. The number of fused-ring (bicyclic) bond motifs is 1. The molecule has 2 aromatic heterocycles. The Morgan fingerprint density at radius 3 is 2.49 bits per heavy atom. The van der Waals surface area contributed by atoms with Crippen molar-refractivity contribution < 1.29 is 22.8 Å². The molecule has 2 aliphatic rings. The maximum absolute atomic E-state index is 13.7. The van der Waals surface area contributed by atoms with Gasteiger partial charge < -0.3 is 19.5 Å². The minimum absolute atomic E-state index is 0.0128. The lowest BCUT2D eigenvalue weighted by Gasteiger charge is -2.37. The zero-order valence-electron chi connectivity index (χ0n) is 24.6. The summed E-state index contributed by atoms with van der Waals surface area (Å²) in [6.07, 6.45) is 5.53. The van der Waals surface area contributed by atoms with E-state index >= 15 is 0 Å². The molecule has 1 fully saturated rings. The largest absolute Gasteiger partial charge is 0.497 e. The van der Waals surface area contributed by atoms with Gasteiger partial charge in [-0.1, -0.05) is 11.2 Å². The number of aromatic nitrogens is 3. The topological polar surface area (TPSA) is 130 Å². The number of aryl methyl sites for hydroxylation is 2. The molecular weight excluding hydrogens is 568 g/mol. The van der Waals surface area contributed by atoms with Gasteiger partial charge >= 0.3 is 0 Å². The number of aromatic amines is 1. The van der Waals surface area contributed by atoms with Crippen molar-refractivity contribution in [3.63, 3.8) is 0 Å². The molecule has 0 radical (unpaired) electrons. The molecule has 12 heteroatoms. The zero-order valence-corrected chi connectivity index (χ0v) is 25.4. The molecule has 2 aliphatic heterocycles. The first-order chi connectivity index (χ1) is 20.6. The van der Waals surface area contributed by atoms with Crippen molar-refractivity contribution in [2.45, 2.75) is 50.2 Å². The van der Waals surface area contributed by atoms with Crippen LogP contribution in [0.15, 0.2) is 64.9 Å². The number of ether oxygens (including phenoxy) is 1. The molecule has 4 heterocycles. The van der Waals surface area contributed by atoms with Crippen molar-refractivity contribution in [2.24, 2.45) is 5.16 Å². The van der Waals surface area contributed by atoms with Crippen LogP contribution in [-0.4, -0.2) is 77.0 Å². The number of carbonyl (C=O) groups excluding carboxylic acids is 1. The van der Waals surface area contributed by atoms with E-state index in [1.165, 1.54) is 11.4 Å². The first kappa shape index (κ1) is 28.8. The Labute approximate surface area is 250 Å². The number of H-pyrrole nitrogens is 1. The van der Waals surface area contributed by atoms with Gasteiger partial charge in [0, 0.05) is 57.4 Å². The Balaban J connectivity index is 1.16. The van der Waals surface area contributed by atoms with Gasteiger partial charge in [0.25, 0.3) is 5.91 Å². The number of likely N-dealkylation sites (tertiary alicyclic amines) is 1. The van der Waals surface area contributed by atoms with Gasteiger partial charge in [-0.3, -0.25) is 9.78 Å². The maximum atomic E-state index is 13.7. The molecule has 0 atom stereocenters. The highest BCUT2D eigenvalue weighted by molar-refractivity contribution is 7.89. The van der Waals surface area contributed by atoms with E-state index in [4.69, 9.17) is 9.57 Å². The number of oxime groups is 1. The average molecular weight is 603 g/mol. The Hall–Kier alpha value is -4.29. The van der Waals surface area contributed by atoms with Crippen molar-refractivity contribution in [1.29, 1.82) is 0 Å². The number of amides is 1. The number of nitrogens with zero attached hydrogens (tertiary/aromatic N) is 5. The van der Waals surface area contributed by atoms with Crippen molar-refractivity contribution in [2.75, 3.05) is 27.2 Å². The molecule has 1 amide bonds. The third-order valence-corrected chi connectivity index (χ3v) is 10.4. The average Bonchev–Trinajstić information content (AvgIpc) is 3.61. The van der Waals surface area contributed by atoms with Crippen LogP contribution in [0.2, 0.25) is 0 Å². The summed E-state index contributed by atoms with van der Waals surface area (Å²) in [5, 5.41) is 4.35. The number of sulfonamides is 1. The van der Waals surface area contributed by atoms with Crippen molar-refractivity contribution in [1.82, 2.24) is 24.2 Å². The fourth-order valence-corrected chi connectivity index (χ4v) is 7.53. The number of pyridine rings is 1. The molecule has 43 heavy (non-hydrogen) atoms. The van der Waals surface area contributed by atoms with Gasteiger partial charge in [0.2, 0.25) is 10.0 Å². The van der Waals surface area contributed by atoms with Gasteiger partial charge in [0.05, 0.1) is 40.9 Å². The van der Waals surface area contributed by atoms with E-state index in [-0.39, 0.29) is 17.3 Å². The number of methoxy groups -OCH3 is 1. The van der Waals surface area contributed by atoms with Crippen LogP contribution >= 0.6 is 0 Å². The number of hydrogen-bond donors (Lipinski definition) is 1. The van der Waals surface area contributed by atoms with Crippen LogP contribution in [0.4, 0.5) is 0 Å². The van der Waals surface area contributed by atoms with Crippen molar-refractivity contribution in [3.8, 4) is 5.75 Å². The third kappa shape index (κ3) is 5.36. The number of hydrogen-bond acceptors (Lipinski definition) is 8. The van der Waals surface area contributed by atoms with Gasteiger partial charge in [-0.05, 0) is 61.4 Å². The second-order valence-electron chi connectivity index (χ2n) is 11.3. The SMILES string of the molecule is COc1cc(C)c(S(=O)(=O)N(C)Cc2nc3cccc(C(=O)N4CCC5(CC4)CC(c4ccncc4)=NO5)c3[nH]2)c(C)c1. The number of imidazole rings is 1. The van der Waals surface area contributed by atoms with Gasteiger partial charge in [0.15, 0.2) is 0 Å². The molecule has 0 aliphatic carbocycles. The molecule has 224 valence electrons. The molecule has 11 nitrogen and oxygen atoms in total. The molecule has 0 saturated carbocycles. The monoisotopic (exact) mass is 602 g/mol. The van der Waals surface area contributed by atoms with E-state index in [2.05, 4.69) is 20.1 Å². The van der Waals surface area contributed by atoms with Gasteiger partial charge in [-0.15, -0.1) is 0 Å². The highest BCUT2D eigenvalue weighted by Gasteiger charge is 2.43. The summed E-state index contributed by atoms with van der Waals surface area (Å²) < 4.78 is 33.6. The van der Waals surface area contributed by atoms with E-state index in [1.54, 1.807) is 57.6 Å². The Bertz CT molecular complexity index is 1800. The molecule has 1 spiro atoms. The van der Waals surface area contributed by atoms with E-state index in [0.29, 0.717) is 71.6 Å². The smallest absolute Gasteiger partial charge is 0.256 e. The first-order valence-corrected chi connectivity index (χ1v) is 15.6. The fraction of sp³-hybridized carbons (Fsp3) is 0.355. The van der Waals surface area contributed by atoms with Crippen LogP contribution in [0, 0.1) is 13.8 Å². The van der Waals surface area contributed by atoms with Gasteiger partial charge in [-0.25, -0.2) is 13.4 Å². The summed E-state index contributed by atoms with van der Waals surface area (Å²) in [5.74, 6) is 0.950. The minimum atomic E-state index is -3.82. The van der Waals surface area contributed by atoms with E-state index in [0.717, 1.165) is 11.3 Å². The number of nitrogens with one attached hydrogen (secondary N) is 1. The lowest BCUT2D eigenvalue weighted by molar-refractivity contribution is -0.0568. The van der Waals surface area contributed by atoms with Crippen LogP contribution in [0.25, 0.3) is 11.0 Å². The summed E-state index contributed by atoms with van der Waals surface area (Å²) >= 11 is 0. The third-order valence-electron chi connectivity index (χ3n) is 8.32. The van der Waals surface area contributed by atoms with Crippen LogP contribution in [0.3, 0.4) is 0 Å². The lowest BCUT2D eigenvalue weighted by atomic mass is 9.85. The summed E-state index contributed by atoms with van der Waals surface area (Å²) in [5.41, 5.74) is 4.40. The molecule has 6 rings (SSSR count). The summed E-state index contributed by atoms with van der Waals surface area (Å²) in [6, 6.07) is 12.7. The Morgan fingerprint density at radius 2 is 1.81 bits per heavy atom. The van der Waals surface area contributed by atoms with Crippen LogP contribution in [-0.2, 0) is 21.4 Å². The predicted molar refractivity (Wildman–Crippen MR) is 162 cm³/mol. The second kappa shape index (κ2) is 11.1. The molecule has 0 bridgehead atoms. The van der Waals surface area contributed by atoms with Crippen LogP contribution in [0.5, 0.6) is 5.75 Å².